The van der Waals surface area contributed by atoms with Crippen molar-refractivity contribution in [2.45, 2.75) is 12.3 Å². The molecule has 0 aliphatic heterocycles. The van der Waals surface area contributed by atoms with Crippen molar-refractivity contribution in [2.24, 2.45) is 0 Å². The second-order valence-electron chi connectivity index (χ2n) is 15.4. The predicted molar refractivity (Wildman–Crippen MR) is 246 cm³/mol. The molecule has 292 valence electrons. The third-order valence-corrected chi connectivity index (χ3v) is 11.7. The lowest BCUT2D eigenvalue weighted by Crippen LogP contribution is -2.08. The topological polar surface area (TPSA) is 100 Å². The summed E-state index contributed by atoms with van der Waals surface area (Å²) >= 11 is 0. The molecule has 0 N–H and O–H groups in total. The van der Waals surface area contributed by atoms with Gasteiger partial charge in [0.15, 0.2) is 17.5 Å². The number of nitrogens with zero attached hydrogens (tertiary/aromatic N) is 9. The van der Waals surface area contributed by atoms with Gasteiger partial charge in [-0.25, -0.2) is 15.0 Å². The van der Waals surface area contributed by atoms with Gasteiger partial charge in [-0.15, -0.1) is 0 Å². The van der Waals surface area contributed by atoms with Crippen molar-refractivity contribution in [2.75, 3.05) is 0 Å². The van der Waals surface area contributed by atoms with Crippen molar-refractivity contribution in [1.82, 2.24) is 44.0 Å². The molecule has 1 unspecified atom stereocenters. The molecule has 0 spiro atoms. The molecule has 12 rings (SSSR count). The van der Waals surface area contributed by atoms with Gasteiger partial charge in [0.05, 0.1) is 27.9 Å². The van der Waals surface area contributed by atoms with Crippen LogP contribution in [0, 0.1) is 0 Å². The number of hydrogen-bond donors (Lipinski definition) is 0. The first-order chi connectivity index (χ1) is 30.7. The summed E-state index contributed by atoms with van der Waals surface area (Å²) in [5, 5.41) is 2.25. The lowest BCUT2D eigenvalue weighted by Gasteiger charge is -2.19. The molecule has 11 aromatic rings. The fourth-order valence-electron chi connectivity index (χ4n) is 8.82. The van der Waals surface area contributed by atoms with E-state index in [1.807, 2.05) is 109 Å². The molecule has 0 saturated carbocycles. The van der Waals surface area contributed by atoms with Crippen molar-refractivity contribution < 1.29 is 0 Å². The Kier molecular flexibility index (Phi) is 8.41. The molecule has 0 bridgehead atoms. The average Bonchev–Trinajstić information content (AvgIpc) is 3.87. The van der Waals surface area contributed by atoms with Crippen molar-refractivity contribution >= 4 is 38.9 Å². The van der Waals surface area contributed by atoms with Crippen LogP contribution >= 0.6 is 0 Å². The van der Waals surface area contributed by atoms with Gasteiger partial charge in [0.1, 0.15) is 16.9 Å². The van der Waals surface area contributed by atoms with Crippen molar-refractivity contribution in [3.05, 3.63) is 205 Å². The Balaban J connectivity index is 1.03. The molecule has 62 heavy (non-hydrogen) atoms. The third kappa shape index (κ3) is 5.97. The van der Waals surface area contributed by atoms with E-state index in [4.69, 9.17) is 29.9 Å². The second kappa shape index (κ2) is 14.7. The number of pyridine rings is 2. The molecule has 1 aliphatic carbocycles. The van der Waals surface area contributed by atoms with Gasteiger partial charge in [0, 0.05) is 51.5 Å². The van der Waals surface area contributed by atoms with E-state index in [9.17, 15) is 0 Å². The zero-order valence-electron chi connectivity index (χ0n) is 33.3. The van der Waals surface area contributed by atoms with Crippen LogP contribution in [0.4, 0.5) is 0 Å². The van der Waals surface area contributed by atoms with Gasteiger partial charge < -0.3 is 4.57 Å². The summed E-state index contributed by atoms with van der Waals surface area (Å²) in [4.78, 5) is 35.2. The Morgan fingerprint density at radius 1 is 0.484 bits per heavy atom. The van der Waals surface area contributed by atoms with E-state index in [-0.39, 0.29) is 5.92 Å². The first-order valence-electron chi connectivity index (χ1n) is 20.7. The van der Waals surface area contributed by atoms with Gasteiger partial charge in [0.2, 0.25) is 5.95 Å². The first kappa shape index (κ1) is 35.5. The van der Waals surface area contributed by atoms with E-state index in [1.54, 1.807) is 6.20 Å². The Hall–Kier alpha value is -8.43. The van der Waals surface area contributed by atoms with E-state index in [2.05, 4.69) is 93.0 Å². The second-order valence-corrected chi connectivity index (χ2v) is 15.4. The molecular weight excluding hydrogens is 763 g/mol. The number of rotatable bonds is 7. The smallest absolute Gasteiger partial charge is 0.238 e. The molecule has 6 aromatic heterocycles. The van der Waals surface area contributed by atoms with Crippen LogP contribution in [-0.2, 0) is 6.42 Å². The summed E-state index contributed by atoms with van der Waals surface area (Å²) < 4.78 is 4.47. The van der Waals surface area contributed by atoms with Gasteiger partial charge in [-0.3, -0.25) is 14.5 Å². The van der Waals surface area contributed by atoms with Crippen molar-refractivity contribution in [1.29, 1.82) is 0 Å². The van der Waals surface area contributed by atoms with Crippen LogP contribution in [0.2, 0.25) is 0 Å². The molecule has 1 aliphatic rings. The molecule has 0 amide bonds. The molecule has 1 atom stereocenters. The zero-order valence-corrected chi connectivity index (χ0v) is 33.3. The Bertz CT molecular complexity index is 3420. The minimum Gasteiger partial charge on any atom is -0.306 e. The Morgan fingerprint density at radius 3 is 1.81 bits per heavy atom. The highest BCUT2D eigenvalue weighted by Crippen LogP contribution is 2.42. The molecular formula is C53H35N9. The number of benzene rings is 5. The largest absolute Gasteiger partial charge is 0.306 e. The van der Waals surface area contributed by atoms with Gasteiger partial charge in [-0.1, -0.05) is 121 Å². The van der Waals surface area contributed by atoms with Crippen LogP contribution in [0.3, 0.4) is 0 Å². The minimum atomic E-state index is 0.0712. The average molecular weight is 798 g/mol. The molecule has 0 fully saturated rings. The monoisotopic (exact) mass is 797 g/mol. The maximum atomic E-state index is 5.33. The van der Waals surface area contributed by atoms with Crippen molar-refractivity contribution in [3.8, 4) is 57.3 Å². The Morgan fingerprint density at radius 2 is 1.11 bits per heavy atom. The minimum absolute atomic E-state index is 0.0712. The van der Waals surface area contributed by atoms with Gasteiger partial charge in [-0.05, 0) is 72.7 Å². The molecule has 0 saturated heterocycles. The maximum absolute atomic E-state index is 5.33. The molecule has 5 aromatic carbocycles. The summed E-state index contributed by atoms with van der Waals surface area (Å²) in [6.45, 7) is 0. The van der Waals surface area contributed by atoms with E-state index in [1.165, 1.54) is 5.56 Å². The van der Waals surface area contributed by atoms with Gasteiger partial charge >= 0.3 is 0 Å². The summed E-state index contributed by atoms with van der Waals surface area (Å²) in [6, 6.07) is 57.8. The van der Waals surface area contributed by atoms with Crippen LogP contribution < -0.4 is 0 Å². The fraction of sp³-hybridized carbons (Fsp3) is 0.0377. The fourth-order valence-corrected chi connectivity index (χ4v) is 8.82. The number of aromatic nitrogens is 9. The highest BCUT2D eigenvalue weighted by atomic mass is 15.2. The standard InChI is InChI=1S/C53H35N9/c1-4-16-34(17-5-1)50-58-51(35-18-6-2-7-19-35)60-53(59-50)62-44-25-11-10-22-39(44)40-32-36(26-28-45(40)62)37-27-29-46-41(33-37)47-49(61(46)38-20-8-3-9-21-38)48(42-23-12-14-30-54-42)57-52(56-47)43-24-13-15-31-55-43/h1-32,37H,33H2. The lowest BCUT2D eigenvalue weighted by molar-refractivity contribution is 0.825. The molecule has 9 heteroatoms. The quantitative estimate of drug-likeness (QED) is 0.158. The van der Waals surface area contributed by atoms with Crippen molar-refractivity contribution in [3.63, 3.8) is 0 Å². The highest BCUT2D eigenvalue weighted by molar-refractivity contribution is 6.09. The molecule has 9 nitrogen and oxygen atoms in total. The van der Waals surface area contributed by atoms with Crippen LogP contribution in [0.5, 0.6) is 0 Å². The zero-order chi connectivity index (χ0) is 41.0. The van der Waals surface area contributed by atoms with Crippen LogP contribution in [0.1, 0.15) is 22.7 Å². The van der Waals surface area contributed by atoms with Crippen LogP contribution in [0.25, 0.3) is 96.2 Å². The maximum Gasteiger partial charge on any atom is 0.238 e. The highest BCUT2D eigenvalue weighted by Gasteiger charge is 2.29. The summed E-state index contributed by atoms with van der Waals surface area (Å²) in [5.41, 5.74) is 12.4. The van der Waals surface area contributed by atoms with Gasteiger partial charge in [0.25, 0.3) is 0 Å². The summed E-state index contributed by atoms with van der Waals surface area (Å²) in [7, 11) is 0. The molecule has 0 radical (unpaired) electrons. The summed E-state index contributed by atoms with van der Waals surface area (Å²) in [5.74, 6) is 2.45. The Labute approximate surface area is 356 Å². The third-order valence-electron chi connectivity index (χ3n) is 11.7. The number of allylic oxidation sites excluding steroid dienone is 1. The predicted octanol–water partition coefficient (Wildman–Crippen LogP) is 11.5. The first-order valence-corrected chi connectivity index (χ1v) is 20.7. The normalized spacial score (nSPS) is 13.5. The summed E-state index contributed by atoms with van der Waals surface area (Å²) in [6.07, 6.45) is 8.92. The van der Waals surface area contributed by atoms with Crippen LogP contribution in [0.15, 0.2) is 188 Å². The lowest BCUT2D eigenvalue weighted by atomic mass is 9.86. The van der Waals surface area contributed by atoms with Gasteiger partial charge in [-0.2, -0.15) is 9.97 Å². The van der Waals surface area contributed by atoms with Crippen LogP contribution in [-0.4, -0.2) is 44.0 Å². The SMILES string of the molecule is C1=CC(c2ccc3c(c2)c2ccccc2n3-c2nc(-c3ccccc3)nc(-c3ccccc3)n2)Cc2c1n(-c1ccccc1)c1c(-c3ccccn3)nc(-c3ccccn3)nc21. The van der Waals surface area contributed by atoms with E-state index in [0.717, 1.165) is 78.7 Å². The van der Waals surface area contributed by atoms with E-state index >= 15 is 0 Å². The number of fused-ring (bicyclic) bond motifs is 6. The molecule has 6 heterocycles. The number of para-hydroxylation sites is 2. The number of hydrogen-bond acceptors (Lipinski definition) is 7. The van der Waals surface area contributed by atoms with E-state index in [0.29, 0.717) is 29.1 Å². The van der Waals surface area contributed by atoms with E-state index < -0.39 is 0 Å².